The van der Waals surface area contributed by atoms with E-state index in [1.807, 2.05) is 0 Å². The lowest BCUT2D eigenvalue weighted by molar-refractivity contribution is 0.620. The number of nitrogens with zero attached hydrogens (tertiary/aromatic N) is 3. The molecule has 0 bridgehead atoms. The van der Waals surface area contributed by atoms with E-state index in [0.717, 1.165) is 23.8 Å². The number of azide groups is 1. The monoisotopic (exact) mass is 336 g/mol. The standard InChI is InChI=1S/C11H21IN4/c1-10(2)11(9-12)14-7-5-3-4-6-8-15-16-13/h14H,3-9H2,1-2H3. The second-order valence-corrected chi connectivity index (χ2v) is 4.67. The molecule has 4 nitrogen and oxygen atoms in total. The Labute approximate surface area is 112 Å². The highest BCUT2D eigenvalue weighted by molar-refractivity contribution is 14.1. The smallest absolute Gasteiger partial charge is 0.0394 e. The first-order valence-electron chi connectivity index (χ1n) is 5.69. The van der Waals surface area contributed by atoms with Gasteiger partial charge in [-0.2, -0.15) is 0 Å². The van der Waals surface area contributed by atoms with Crippen LogP contribution in [0.4, 0.5) is 0 Å². The van der Waals surface area contributed by atoms with Gasteiger partial charge in [0.1, 0.15) is 0 Å². The van der Waals surface area contributed by atoms with Crippen LogP contribution in [0.5, 0.6) is 0 Å². The van der Waals surface area contributed by atoms with E-state index in [-0.39, 0.29) is 0 Å². The molecule has 0 radical (unpaired) electrons. The van der Waals surface area contributed by atoms with Crippen LogP contribution < -0.4 is 5.32 Å². The third-order valence-corrected chi connectivity index (χ3v) is 3.09. The summed E-state index contributed by atoms with van der Waals surface area (Å²) < 4.78 is 1.05. The molecule has 0 aliphatic rings. The quantitative estimate of drug-likeness (QED) is 0.168. The van der Waals surface area contributed by atoms with E-state index in [4.69, 9.17) is 5.53 Å². The molecule has 0 spiro atoms. The molecule has 0 aromatic rings. The number of rotatable bonds is 9. The Hall–Kier alpha value is -0.420. The van der Waals surface area contributed by atoms with Crippen LogP contribution in [0.15, 0.2) is 16.4 Å². The van der Waals surface area contributed by atoms with Crippen molar-refractivity contribution in [3.63, 3.8) is 0 Å². The van der Waals surface area contributed by atoms with E-state index in [1.165, 1.54) is 24.1 Å². The lowest BCUT2D eigenvalue weighted by atomic mass is 10.2. The van der Waals surface area contributed by atoms with Gasteiger partial charge in [-0.25, -0.2) is 0 Å². The van der Waals surface area contributed by atoms with E-state index in [9.17, 15) is 0 Å². The molecule has 0 amide bonds. The zero-order valence-corrected chi connectivity index (χ0v) is 12.3. The molecular weight excluding hydrogens is 315 g/mol. The first-order valence-corrected chi connectivity index (χ1v) is 7.22. The Morgan fingerprint density at radius 3 is 2.50 bits per heavy atom. The average Bonchev–Trinajstić information content (AvgIpc) is 2.26. The number of hydrogen-bond acceptors (Lipinski definition) is 2. The highest BCUT2D eigenvalue weighted by Gasteiger charge is 1.96. The van der Waals surface area contributed by atoms with Crippen LogP contribution in [-0.4, -0.2) is 17.5 Å². The minimum Gasteiger partial charge on any atom is -0.388 e. The Morgan fingerprint density at radius 1 is 1.25 bits per heavy atom. The average molecular weight is 336 g/mol. The minimum atomic E-state index is 0.636. The number of hydrogen-bond donors (Lipinski definition) is 1. The summed E-state index contributed by atoms with van der Waals surface area (Å²) in [6.45, 7) is 5.96. The normalized spacial score (nSPS) is 9.44. The van der Waals surface area contributed by atoms with Gasteiger partial charge < -0.3 is 5.32 Å². The van der Waals surface area contributed by atoms with Crippen molar-refractivity contribution < 1.29 is 0 Å². The number of alkyl halides is 1. The van der Waals surface area contributed by atoms with Gasteiger partial charge in [0.15, 0.2) is 0 Å². The maximum Gasteiger partial charge on any atom is 0.0394 e. The Morgan fingerprint density at radius 2 is 1.94 bits per heavy atom. The summed E-state index contributed by atoms with van der Waals surface area (Å²) in [7, 11) is 0. The molecule has 0 heterocycles. The summed E-state index contributed by atoms with van der Waals surface area (Å²) >= 11 is 2.38. The molecule has 16 heavy (non-hydrogen) atoms. The van der Waals surface area contributed by atoms with Crippen molar-refractivity contribution in [3.05, 3.63) is 21.7 Å². The van der Waals surface area contributed by atoms with Crippen molar-refractivity contribution in [1.82, 2.24) is 5.32 Å². The molecule has 0 aromatic carbocycles. The fraction of sp³-hybridized carbons (Fsp3) is 0.818. The third kappa shape index (κ3) is 8.85. The first kappa shape index (κ1) is 15.6. The van der Waals surface area contributed by atoms with Gasteiger partial charge in [0, 0.05) is 28.1 Å². The fourth-order valence-corrected chi connectivity index (χ4v) is 2.34. The number of unbranched alkanes of at least 4 members (excludes halogenated alkanes) is 3. The Balaban J connectivity index is 3.39. The van der Waals surface area contributed by atoms with Crippen LogP contribution in [0.3, 0.4) is 0 Å². The molecule has 1 N–H and O–H groups in total. The summed E-state index contributed by atoms with van der Waals surface area (Å²) in [5.41, 5.74) is 10.8. The largest absolute Gasteiger partial charge is 0.388 e. The Bertz CT molecular complexity index is 253. The summed E-state index contributed by atoms with van der Waals surface area (Å²) in [6.07, 6.45) is 4.54. The zero-order valence-electron chi connectivity index (χ0n) is 10.2. The number of halogens is 1. The molecule has 0 aliphatic heterocycles. The lowest BCUT2D eigenvalue weighted by Crippen LogP contribution is -2.16. The predicted octanol–water partition coefficient (Wildman–Crippen LogP) is 4.18. The van der Waals surface area contributed by atoms with Crippen LogP contribution in [0.2, 0.25) is 0 Å². The van der Waals surface area contributed by atoms with Gasteiger partial charge >= 0.3 is 0 Å². The molecular formula is C11H21IN4. The summed E-state index contributed by atoms with van der Waals surface area (Å²) in [6, 6.07) is 0. The van der Waals surface area contributed by atoms with Crippen LogP contribution >= 0.6 is 22.6 Å². The van der Waals surface area contributed by atoms with Gasteiger partial charge in [0.2, 0.25) is 0 Å². The molecule has 0 aromatic heterocycles. The van der Waals surface area contributed by atoms with Crippen molar-refractivity contribution in [1.29, 1.82) is 0 Å². The summed E-state index contributed by atoms with van der Waals surface area (Å²) in [5.74, 6) is 0. The molecule has 0 atom stereocenters. The van der Waals surface area contributed by atoms with Gasteiger partial charge in [-0.15, -0.1) is 0 Å². The minimum absolute atomic E-state index is 0.636. The van der Waals surface area contributed by atoms with Crippen LogP contribution in [-0.2, 0) is 0 Å². The first-order chi connectivity index (χ1) is 7.72. The molecule has 92 valence electrons. The summed E-state index contributed by atoms with van der Waals surface area (Å²) in [5, 5.41) is 6.97. The summed E-state index contributed by atoms with van der Waals surface area (Å²) in [4.78, 5) is 2.73. The van der Waals surface area contributed by atoms with Gasteiger partial charge in [-0.05, 0) is 32.2 Å². The van der Waals surface area contributed by atoms with Gasteiger partial charge in [0.05, 0.1) is 0 Å². The Kier molecular flexibility index (Phi) is 10.8. The molecule has 0 fully saturated rings. The van der Waals surface area contributed by atoms with Crippen LogP contribution in [0, 0.1) is 0 Å². The SMILES string of the molecule is CC(C)=C(CI)NCCCCCCN=[N+]=[N-]. The van der Waals surface area contributed by atoms with Crippen molar-refractivity contribution >= 4 is 22.6 Å². The highest BCUT2D eigenvalue weighted by Crippen LogP contribution is 2.05. The van der Waals surface area contributed by atoms with Gasteiger partial charge in [-0.3, -0.25) is 0 Å². The van der Waals surface area contributed by atoms with E-state index in [1.54, 1.807) is 0 Å². The predicted molar refractivity (Wildman–Crippen MR) is 77.7 cm³/mol. The van der Waals surface area contributed by atoms with E-state index in [0.29, 0.717) is 6.54 Å². The maximum absolute atomic E-state index is 8.09. The van der Waals surface area contributed by atoms with Crippen molar-refractivity contribution in [2.45, 2.75) is 39.5 Å². The zero-order chi connectivity index (χ0) is 12.2. The molecule has 0 aliphatic carbocycles. The third-order valence-electron chi connectivity index (χ3n) is 2.32. The highest BCUT2D eigenvalue weighted by atomic mass is 127. The molecule has 5 heteroatoms. The van der Waals surface area contributed by atoms with E-state index >= 15 is 0 Å². The fourth-order valence-electron chi connectivity index (χ4n) is 1.30. The second-order valence-electron chi connectivity index (χ2n) is 3.91. The second kappa shape index (κ2) is 11.1. The lowest BCUT2D eigenvalue weighted by Gasteiger charge is -2.10. The molecule has 0 rings (SSSR count). The topological polar surface area (TPSA) is 60.8 Å². The van der Waals surface area contributed by atoms with Crippen LogP contribution in [0.25, 0.3) is 10.4 Å². The van der Waals surface area contributed by atoms with Crippen LogP contribution in [0.1, 0.15) is 39.5 Å². The van der Waals surface area contributed by atoms with Gasteiger partial charge in [-0.1, -0.05) is 46.1 Å². The van der Waals surface area contributed by atoms with E-state index in [2.05, 4.69) is 51.8 Å². The number of allylic oxidation sites excluding steroid dienone is 2. The van der Waals surface area contributed by atoms with Crippen molar-refractivity contribution in [2.75, 3.05) is 17.5 Å². The molecule has 0 unspecified atom stereocenters. The van der Waals surface area contributed by atoms with Crippen molar-refractivity contribution in [2.24, 2.45) is 5.11 Å². The van der Waals surface area contributed by atoms with E-state index < -0.39 is 0 Å². The molecule has 0 saturated heterocycles. The van der Waals surface area contributed by atoms with Gasteiger partial charge in [0.25, 0.3) is 0 Å². The van der Waals surface area contributed by atoms with Crippen molar-refractivity contribution in [3.8, 4) is 0 Å². The molecule has 0 saturated carbocycles. The number of nitrogens with one attached hydrogen (secondary N) is 1. The maximum atomic E-state index is 8.09.